The fraction of sp³-hybridized carbons (Fsp3) is 0.143. The van der Waals surface area contributed by atoms with Crippen LogP contribution < -0.4 is 5.73 Å². The molecule has 0 radical (unpaired) electrons. The molecule has 2 aromatic rings. The first-order chi connectivity index (χ1) is 8.97. The number of rotatable bonds is 3. The molecule has 1 atom stereocenters. The summed E-state index contributed by atoms with van der Waals surface area (Å²) >= 11 is 6.53. The summed E-state index contributed by atoms with van der Waals surface area (Å²) in [5, 5.41) is 0. The highest BCUT2D eigenvalue weighted by Gasteiger charge is 2.14. The van der Waals surface area contributed by atoms with Crippen molar-refractivity contribution in [2.45, 2.75) is 12.5 Å². The SMILES string of the molecule is NC(Cc1ccc(Br)cc1F)c1cc(F)ccc1Br. The summed E-state index contributed by atoms with van der Waals surface area (Å²) < 4.78 is 28.4. The van der Waals surface area contributed by atoms with Gasteiger partial charge in [-0.3, -0.25) is 0 Å². The second-order valence-corrected chi connectivity index (χ2v) is 5.98. The zero-order valence-electron chi connectivity index (χ0n) is 9.84. The highest BCUT2D eigenvalue weighted by Crippen LogP contribution is 2.26. The second-order valence-electron chi connectivity index (χ2n) is 4.21. The van der Waals surface area contributed by atoms with Crippen LogP contribution in [0, 0.1) is 11.6 Å². The smallest absolute Gasteiger partial charge is 0.127 e. The van der Waals surface area contributed by atoms with E-state index in [9.17, 15) is 8.78 Å². The van der Waals surface area contributed by atoms with E-state index >= 15 is 0 Å². The van der Waals surface area contributed by atoms with Gasteiger partial charge in [-0.25, -0.2) is 8.78 Å². The van der Waals surface area contributed by atoms with Gasteiger partial charge in [-0.1, -0.05) is 37.9 Å². The fourth-order valence-electron chi connectivity index (χ4n) is 1.83. The quantitative estimate of drug-likeness (QED) is 0.805. The third-order valence-corrected chi connectivity index (χ3v) is 4.03. The Morgan fingerprint density at radius 1 is 1.05 bits per heavy atom. The monoisotopic (exact) mass is 389 g/mol. The number of nitrogens with two attached hydrogens (primary N) is 1. The van der Waals surface area contributed by atoms with Crippen molar-refractivity contribution in [3.8, 4) is 0 Å². The van der Waals surface area contributed by atoms with Gasteiger partial charge < -0.3 is 5.73 Å². The number of hydrogen-bond acceptors (Lipinski definition) is 1. The van der Waals surface area contributed by atoms with Crippen molar-refractivity contribution in [3.05, 3.63) is 68.1 Å². The van der Waals surface area contributed by atoms with Crippen molar-refractivity contribution in [2.24, 2.45) is 5.73 Å². The molecule has 0 aromatic heterocycles. The van der Waals surface area contributed by atoms with Crippen LogP contribution >= 0.6 is 31.9 Å². The van der Waals surface area contributed by atoms with Gasteiger partial charge in [0.25, 0.3) is 0 Å². The molecule has 2 N–H and O–H groups in total. The molecule has 1 nitrogen and oxygen atoms in total. The molecule has 0 saturated carbocycles. The molecule has 0 aliphatic carbocycles. The lowest BCUT2D eigenvalue weighted by atomic mass is 9.99. The summed E-state index contributed by atoms with van der Waals surface area (Å²) in [5.74, 6) is -0.678. The summed E-state index contributed by atoms with van der Waals surface area (Å²) in [6.07, 6.45) is 0.307. The average molecular weight is 391 g/mol. The Labute approximate surface area is 127 Å². The van der Waals surface area contributed by atoms with E-state index in [1.807, 2.05) is 0 Å². The summed E-state index contributed by atoms with van der Waals surface area (Å²) in [7, 11) is 0. The van der Waals surface area contributed by atoms with E-state index in [0.29, 0.717) is 22.0 Å². The molecule has 0 amide bonds. The Hall–Kier alpha value is -0.780. The molecule has 0 heterocycles. The van der Waals surface area contributed by atoms with Crippen molar-refractivity contribution in [2.75, 3.05) is 0 Å². The molecule has 0 fully saturated rings. The largest absolute Gasteiger partial charge is 0.324 e. The molecule has 2 rings (SSSR count). The first-order valence-corrected chi connectivity index (χ1v) is 7.20. The van der Waals surface area contributed by atoms with Gasteiger partial charge in [-0.15, -0.1) is 0 Å². The van der Waals surface area contributed by atoms with Crippen molar-refractivity contribution in [1.82, 2.24) is 0 Å². The number of halogens is 4. The third kappa shape index (κ3) is 3.61. The van der Waals surface area contributed by atoms with Gasteiger partial charge in [-0.05, 0) is 47.9 Å². The Balaban J connectivity index is 2.25. The van der Waals surface area contributed by atoms with E-state index in [2.05, 4.69) is 31.9 Å². The lowest BCUT2D eigenvalue weighted by Gasteiger charge is -2.14. The standard InChI is InChI=1S/C14H11Br2F2N/c15-9-2-1-8(13(18)6-9)5-14(19)11-7-10(17)3-4-12(11)16/h1-4,6-7,14H,5,19H2. The second kappa shape index (κ2) is 6.11. The predicted molar refractivity (Wildman–Crippen MR) is 78.8 cm³/mol. The molecule has 100 valence electrons. The maximum atomic E-state index is 13.7. The predicted octanol–water partition coefficient (Wildman–Crippen LogP) is 4.73. The van der Waals surface area contributed by atoms with Crippen LogP contribution in [0.25, 0.3) is 0 Å². The lowest BCUT2D eigenvalue weighted by molar-refractivity contribution is 0.588. The van der Waals surface area contributed by atoms with E-state index in [1.54, 1.807) is 18.2 Å². The highest BCUT2D eigenvalue weighted by molar-refractivity contribution is 9.10. The summed E-state index contributed by atoms with van der Waals surface area (Å²) in [4.78, 5) is 0. The van der Waals surface area contributed by atoms with Crippen molar-refractivity contribution in [3.63, 3.8) is 0 Å². The van der Waals surface area contributed by atoms with Gasteiger partial charge >= 0.3 is 0 Å². The summed E-state index contributed by atoms with van der Waals surface area (Å²) in [6.45, 7) is 0. The Morgan fingerprint density at radius 2 is 1.79 bits per heavy atom. The first kappa shape index (κ1) is 14.6. The van der Waals surface area contributed by atoms with Crippen LogP contribution in [0.5, 0.6) is 0 Å². The topological polar surface area (TPSA) is 26.0 Å². The van der Waals surface area contributed by atoms with Gasteiger partial charge in [0.05, 0.1) is 0 Å². The average Bonchev–Trinajstić information content (AvgIpc) is 2.35. The molecule has 2 aromatic carbocycles. The van der Waals surface area contributed by atoms with Gasteiger partial charge in [-0.2, -0.15) is 0 Å². The zero-order chi connectivity index (χ0) is 14.0. The Kier molecular flexibility index (Phi) is 4.71. The van der Waals surface area contributed by atoms with Gasteiger partial charge in [0, 0.05) is 15.0 Å². The van der Waals surface area contributed by atoms with Crippen LogP contribution in [-0.2, 0) is 6.42 Å². The van der Waals surface area contributed by atoms with E-state index in [1.165, 1.54) is 18.2 Å². The maximum Gasteiger partial charge on any atom is 0.127 e. The summed E-state index contributed by atoms with van der Waals surface area (Å²) in [6, 6.07) is 8.66. The van der Waals surface area contributed by atoms with Gasteiger partial charge in [0.2, 0.25) is 0 Å². The molecule has 0 aliphatic rings. The highest BCUT2D eigenvalue weighted by atomic mass is 79.9. The van der Waals surface area contributed by atoms with E-state index in [0.717, 1.165) is 4.47 Å². The molecule has 0 bridgehead atoms. The molecule has 0 saturated heterocycles. The molecule has 0 aliphatic heterocycles. The minimum Gasteiger partial charge on any atom is -0.324 e. The normalized spacial score (nSPS) is 12.5. The van der Waals surface area contributed by atoms with Crippen molar-refractivity contribution < 1.29 is 8.78 Å². The van der Waals surface area contributed by atoms with Crippen molar-refractivity contribution in [1.29, 1.82) is 0 Å². The molecule has 19 heavy (non-hydrogen) atoms. The Bertz CT molecular complexity index is 602. The van der Waals surface area contributed by atoms with Gasteiger partial charge in [0.15, 0.2) is 0 Å². The first-order valence-electron chi connectivity index (χ1n) is 5.62. The molecule has 1 unspecified atom stereocenters. The molecular weight excluding hydrogens is 380 g/mol. The van der Waals surface area contributed by atoms with Crippen LogP contribution in [0.1, 0.15) is 17.2 Å². The van der Waals surface area contributed by atoms with Crippen LogP contribution in [0.4, 0.5) is 8.78 Å². The zero-order valence-corrected chi connectivity index (χ0v) is 13.0. The maximum absolute atomic E-state index is 13.7. The van der Waals surface area contributed by atoms with Crippen LogP contribution in [0.2, 0.25) is 0 Å². The Morgan fingerprint density at radius 3 is 2.47 bits per heavy atom. The van der Waals surface area contributed by atoms with Gasteiger partial charge in [0.1, 0.15) is 11.6 Å². The third-order valence-electron chi connectivity index (χ3n) is 2.81. The van der Waals surface area contributed by atoms with Crippen LogP contribution in [0.3, 0.4) is 0 Å². The summed E-state index contributed by atoms with van der Waals surface area (Å²) in [5.41, 5.74) is 7.16. The van der Waals surface area contributed by atoms with E-state index in [4.69, 9.17) is 5.73 Å². The molecular formula is C14H11Br2F2N. The fourth-order valence-corrected chi connectivity index (χ4v) is 2.71. The number of benzene rings is 2. The minimum atomic E-state index is -0.472. The van der Waals surface area contributed by atoms with Crippen molar-refractivity contribution >= 4 is 31.9 Å². The molecule has 5 heteroatoms. The minimum absolute atomic E-state index is 0.307. The lowest BCUT2D eigenvalue weighted by Crippen LogP contribution is -2.15. The van der Waals surface area contributed by atoms with E-state index < -0.39 is 6.04 Å². The molecule has 0 spiro atoms. The van der Waals surface area contributed by atoms with E-state index in [-0.39, 0.29) is 11.6 Å². The van der Waals surface area contributed by atoms with Crippen LogP contribution in [-0.4, -0.2) is 0 Å². The number of hydrogen-bond donors (Lipinski definition) is 1. The van der Waals surface area contributed by atoms with Crippen LogP contribution in [0.15, 0.2) is 45.3 Å².